The maximum Gasteiger partial charge on any atom is 0.237 e. The number of hydrogen-bond acceptors (Lipinski definition) is 5. The van der Waals surface area contributed by atoms with Crippen LogP contribution in [0.25, 0.3) is 0 Å². The van der Waals surface area contributed by atoms with Gasteiger partial charge in [-0.3, -0.25) is 4.79 Å². The monoisotopic (exact) mass is 378 g/mol. The predicted molar refractivity (Wildman–Crippen MR) is 101 cm³/mol. The Bertz CT molecular complexity index is 517. The SMILES string of the molecule is CC(C)(C)[C@H](N)C(=O)NCc1cccnc1N1CCOCC1.Cl.Cl. The summed E-state index contributed by atoms with van der Waals surface area (Å²) in [7, 11) is 0. The van der Waals surface area contributed by atoms with Crippen molar-refractivity contribution in [1.82, 2.24) is 10.3 Å². The maximum absolute atomic E-state index is 12.2. The van der Waals surface area contributed by atoms with E-state index in [1.807, 2.05) is 32.9 Å². The molecule has 1 saturated heterocycles. The Morgan fingerprint density at radius 1 is 1.38 bits per heavy atom. The van der Waals surface area contributed by atoms with Crippen LogP contribution in [0, 0.1) is 5.41 Å². The van der Waals surface area contributed by atoms with E-state index in [1.165, 1.54) is 0 Å². The second-order valence-electron chi connectivity index (χ2n) is 6.65. The fourth-order valence-corrected chi connectivity index (χ4v) is 2.31. The van der Waals surface area contributed by atoms with Gasteiger partial charge in [0.1, 0.15) is 5.82 Å². The zero-order chi connectivity index (χ0) is 16.2. The van der Waals surface area contributed by atoms with Gasteiger partial charge in [-0.1, -0.05) is 26.8 Å². The Morgan fingerprint density at radius 2 is 2.00 bits per heavy atom. The molecule has 0 bridgehead atoms. The van der Waals surface area contributed by atoms with Gasteiger partial charge in [0, 0.05) is 31.4 Å². The third-order valence-corrected chi connectivity index (χ3v) is 3.85. The summed E-state index contributed by atoms with van der Waals surface area (Å²) in [4.78, 5) is 18.8. The Balaban J connectivity index is 0.00000264. The lowest BCUT2D eigenvalue weighted by Crippen LogP contribution is -2.48. The van der Waals surface area contributed by atoms with Crippen LogP contribution in [0.3, 0.4) is 0 Å². The second-order valence-corrected chi connectivity index (χ2v) is 6.65. The highest BCUT2D eigenvalue weighted by atomic mass is 35.5. The van der Waals surface area contributed by atoms with Crippen LogP contribution >= 0.6 is 24.8 Å². The molecule has 6 nitrogen and oxygen atoms in total. The molecule has 1 aliphatic heterocycles. The quantitative estimate of drug-likeness (QED) is 0.833. The molecule has 1 fully saturated rings. The Labute approximate surface area is 156 Å². The summed E-state index contributed by atoms with van der Waals surface area (Å²) in [6.07, 6.45) is 1.77. The van der Waals surface area contributed by atoms with Crippen LogP contribution in [0.1, 0.15) is 26.3 Å². The number of anilines is 1. The standard InChI is InChI=1S/C16H26N4O2.2ClH/c1-16(2,3)13(17)15(21)19-11-12-5-4-6-18-14(12)20-7-9-22-10-8-20;;/h4-6,13H,7-11,17H2,1-3H3,(H,19,21);2*1H/t13-;;/m1../s1. The van der Waals surface area contributed by atoms with Gasteiger partial charge in [0.15, 0.2) is 0 Å². The first-order chi connectivity index (χ1) is 10.4. The largest absolute Gasteiger partial charge is 0.378 e. The molecule has 1 aromatic heterocycles. The zero-order valence-corrected chi connectivity index (χ0v) is 16.1. The third kappa shape index (κ3) is 6.09. The number of ether oxygens (including phenoxy) is 1. The zero-order valence-electron chi connectivity index (χ0n) is 14.4. The molecule has 8 heteroatoms. The molecule has 0 saturated carbocycles. The van der Waals surface area contributed by atoms with E-state index in [9.17, 15) is 4.79 Å². The van der Waals surface area contributed by atoms with E-state index < -0.39 is 6.04 Å². The number of halogens is 2. The summed E-state index contributed by atoms with van der Waals surface area (Å²) in [5, 5.41) is 2.92. The minimum atomic E-state index is -0.531. The molecule has 0 radical (unpaired) electrons. The summed E-state index contributed by atoms with van der Waals surface area (Å²) in [6.45, 7) is 9.36. The van der Waals surface area contributed by atoms with Crippen molar-refractivity contribution in [3.8, 4) is 0 Å². The van der Waals surface area contributed by atoms with Gasteiger partial charge in [0.05, 0.1) is 19.3 Å². The van der Waals surface area contributed by atoms with E-state index in [0.717, 1.165) is 24.5 Å². The first-order valence-corrected chi connectivity index (χ1v) is 7.69. The van der Waals surface area contributed by atoms with Gasteiger partial charge in [0.2, 0.25) is 5.91 Å². The van der Waals surface area contributed by atoms with Crippen molar-refractivity contribution in [3.05, 3.63) is 23.9 Å². The van der Waals surface area contributed by atoms with Crippen molar-refractivity contribution in [2.24, 2.45) is 11.1 Å². The summed E-state index contributed by atoms with van der Waals surface area (Å²) < 4.78 is 5.37. The fraction of sp³-hybridized carbons (Fsp3) is 0.625. The number of hydrogen-bond donors (Lipinski definition) is 2. The highest BCUT2D eigenvalue weighted by Gasteiger charge is 2.27. The van der Waals surface area contributed by atoms with Crippen LogP contribution in [0.4, 0.5) is 5.82 Å². The Hall–Kier alpha value is -1.08. The van der Waals surface area contributed by atoms with Crippen LogP contribution < -0.4 is 16.0 Å². The van der Waals surface area contributed by atoms with Crippen molar-refractivity contribution in [3.63, 3.8) is 0 Å². The number of morpholine rings is 1. The molecule has 2 rings (SSSR count). The molecule has 0 aliphatic carbocycles. The van der Waals surface area contributed by atoms with Crippen LogP contribution in [0.5, 0.6) is 0 Å². The first-order valence-electron chi connectivity index (χ1n) is 7.69. The molecular weight excluding hydrogens is 351 g/mol. The molecule has 1 atom stereocenters. The predicted octanol–water partition coefficient (Wildman–Crippen LogP) is 1.75. The third-order valence-electron chi connectivity index (χ3n) is 3.85. The van der Waals surface area contributed by atoms with E-state index in [1.54, 1.807) is 6.20 Å². The average molecular weight is 379 g/mol. The molecular formula is C16H28Cl2N4O2. The van der Waals surface area contributed by atoms with Gasteiger partial charge in [-0.15, -0.1) is 24.8 Å². The molecule has 0 unspecified atom stereocenters. The number of aromatic nitrogens is 1. The summed E-state index contributed by atoms with van der Waals surface area (Å²) in [6, 6.07) is 3.34. The second kappa shape index (κ2) is 10.0. The lowest BCUT2D eigenvalue weighted by molar-refractivity contribution is -0.124. The molecule has 1 amide bonds. The number of carbonyl (C=O) groups excluding carboxylic acids is 1. The van der Waals surface area contributed by atoms with E-state index >= 15 is 0 Å². The topological polar surface area (TPSA) is 80.5 Å². The lowest BCUT2D eigenvalue weighted by atomic mass is 9.87. The minimum Gasteiger partial charge on any atom is -0.378 e. The van der Waals surface area contributed by atoms with Crippen molar-refractivity contribution < 1.29 is 9.53 Å². The minimum absolute atomic E-state index is 0. The molecule has 1 aromatic rings. The Kier molecular flexibility index (Phi) is 9.58. The molecule has 1 aliphatic rings. The molecule has 0 spiro atoms. The first kappa shape index (κ1) is 22.9. The van der Waals surface area contributed by atoms with E-state index in [-0.39, 0.29) is 36.1 Å². The summed E-state index contributed by atoms with van der Waals surface area (Å²) in [5.41, 5.74) is 6.73. The molecule has 2 heterocycles. The molecule has 24 heavy (non-hydrogen) atoms. The number of rotatable bonds is 4. The van der Waals surface area contributed by atoms with Gasteiger partial charge in [-0.05, 0) is 11.5 Å². The van der Waals surface area contributed by atoms with Crippen LogP contribution in [-0.2, 0) is 16.1 Å². The molecule has 138 valence electrons. The number of nitrogens with one attached hydrogen (secondary N) is 1. The van der Waals surface area contributed by atoms with E-state index in [0.29, 0.717) is 19.8 Å². The van der Waals surface area contributed by atoms with Gasteiger partial charge in [-0.2, -0.15) is 0 Å². The van der Waals surface area contributed by atoms with Crippen molar-refractivity contribution in [2.75, 3.05) is 31.2 Å². The number of carbonyl (C=O) groups is 1. The Morgan fingerprint density at radius 3 is 2.58 bits per heavy atom. The van der Waals surface area contributed by atoms with E-state index in [4.69, 9.17) is 10.5 Å². The van der Waals surface area contributed by atoms with Gasteiger partial charge in [-0.25, -0.2) is 4.98 Å². The lowest BCUT2D eigenvalue weighted by Gasteiger charge is -2.30. The van der Waals surface area contributed by atoms with Crippen molar-refractivity contribution in [2.45, 2.75) is 33.4 Å². The summed E-state index contributed by atoms with van der Waals surface area (Å²) in [5.74, 6) is 0.778. The molecule has 0 aromatic carbocycles. The van der Waals surface area contributed by atoms with Crippen molar-refractivity contribution >= 4 is 36.5 Å². The fourth-order valence-electron chi connectivity index (χ4n) is 2.31. The van der Waals surface area contributed by atoms with Gasteiger partial charge < -0.3 is 20.7 Å². The van der Waals surface area contributed by atoms with Crippen LogP contribution in [0.15, 0.2) is 18.3 Å². The number of nitrogens with two attached hydrogens (primary N) is 1. The highest BCUT2D eigenvalue weighted by molar-refractivity contribution is 5.85. The highest BCUT2D eigenvalue weighted by Crippen LogP contribution is 2.20. The molecule has 3 N–H and O–H groups in total. The normalized spacial score (nSPS) is 15.8. The van der Waals surface area contributed by atoms with Gasteiger partial charge >= 0.3 is 0 Å². The van der Waals surface area contributed by atoms with Crippen LogP contribution in [-0.4, -0.2) is 43.2 Å². The number of pyridine rings is 1. The summed E-state index contributed by atoms with van der Waals surface area (Å²) >= 11 is 0. The van der Waals surface area contributed by atoms with Crippen LogP contribution in [0.2, 0.25) is 0 Å². The van der Waals surface area contributed by atoms with E-state index in [2.05, 4.69) is 15.2 Å². The maximum atomic E-state index is 12.2. The number of nitrogens with zero attached hydrogens (tertiary/aromatic N) is 2. The smallest absolute Gasteiger partial charge is 0.237 e. The average Bonchev–Trinajstić information content (AvgIpc) is 2.52. The number of amides is 1. The van der Waals surface area contributed by atoms with Gasteiger partial charge in [0.25, 0.3) is 0 Å². The van der Waals surface area contributed by atoms with Crippen molar-refractivity contribution in [1.29, 1.82) is 0 Å².